The van der Waals surface area contributed by atoms with Gasteiger partial charge in [0.1, 0.15) is 18.5 Å². The number of aliphatic hydroxyl groups is 1. The van der Waals surface area contributed by atoms with Crippen LogP contribution in [-0.4, -0.2) is 35.2 Å². The van der Waals surface area contributed by atoms with Crippen molar-refractivity contribution in [2.45, 2.75) is 39.0 Å². The van der Waals surface area contributed by atoms with Gasteiger partial charge in [0.2, 0.25) is 0 Å². The first-order valence-corrected chi connectivity index (χ1v) is 9.27. The smallest absolute Gasteiger partial charge is 0.305 e. The number of halogens is 1. The molecule has 0 bridgehead atoms. The molecule has 0 fully saturated rings. The molecule has 0 radical (unpaired) electrons. The zero-order valence-electron chi connectivity index (χ0n) is 14.4. The van der Waals surface area contributed by atoms with E-state index in [1.54, 1.807) is 23.5 Å². The van der Waals surface area contributed by atoms with E-state index in [1.165, 1.54) is 17.0 Å². The lowest BCUT2D eigenvalue weighted by Gasteiger charge is -2.24. The largest absolute Gasteiger partial charge is 0.463 e. The van der Waals surface area contributed by atoms with Crippen LogP contribution in [0.3, 0.4) is 0 Å². The first-order chi connectivity index (χ1) is 12.1. The van der Waals surface area contributed by atoms with Crippen molar-refractivity contribution < 1.29 is 19.0 Å². The minimum Gasteiger partial charge on any atom is -0.463 e. The molecule has 6 heteroatoms. The highest BCUT2D eigenvalue weighted by Crippen LogP contribution is 2.15. The number of rotatable bonds is 10. The van der Waals surface area contributed by atoms with Crippen LogP contribution in [0.2, 0.25) is 0 Å². The van der Waals surface area contributed by atoms with E-state index < -0.39 is 6.10 Å². The van der Waals surface area contributed by atoms with Crippen LogP contribution in [0.25, 0.3) is 0 Å². The molecule has 1 atom stereocenters. The van der Waals surface area contributed by atoms with Gasteiger partial charge in [-0.3, -0.25) is 9.69 Å². The lowest BCUT2D eigenvalue weighted by molar-refractivity contribution is -0.147. The zero-order chi connectivity index (χ0) is 18.1. The number of nitrogens with zero attached hydrogens (tertiary/aromatic N) is 1. The molecule has 0 saturated carbocycles. The average molecular weight is 365 g/mol. The van der Waals surface area contributed by atoms with E-state index in [2.05, 4.69) is 4.90 Å². The third-order valence-electron chi connectivity index (χ3n) is 3.64. The Kier molecular flexibility index (Phi) is 8.04. The highest BCUT2D eigenvalue weighted by atomic mass is 32.1. The number of ether oxygens (including phenoxy) is 1. The fourth-order valence-electron chi connectivity index (χ4n) is 2.47. The van der Waals surface area contributed by atoms with Crippen molar-refractivity contribution in [1.82, 2.24) is 4.90 Å². The van der Waals surface area contributed by atoms with E-state index in [9.17, 15) is 14.3 Å². The third-order valence-corrected chi connectivity index (χ3v) is 4.50. The van der Waals surface area contributed by atoms with E-state index in [4.69, 9.17) is 4.74 Å². The van der Waals surface area contributed by atoms with Gasteiger partial charge in [-0.15, -0.1) is 11.3 Å². The van der Waals surface area contributed by atoms with E-state index >= 15 is 0 Å². The number of esters is 1. The highest BCUT2D eigenvalue weighted by Gasteiger charge is 2.15. The summed E-state index contributed by atoms with van der Waals surface area (Å²) in [6.45, 7) is 3.52. The summed E-state index contributed by atoms with van der Waals surface area (Å²) >= 11 is 1.65. The van der Waals surface area contributed by atoms with Gasteiger partial charge in [0.05, 0.1) is 0 Å². The van der Waals surface area contributed by atoms with E-state index in [-0.39, 0.29) is 18.4 Å². The predicted octanol–water partition coefficient (Wildman–Crippen LogP) is 3.59. The van der Waals surface area contributed by atoms with E-state index in [0.29, 0.717) is 26.1 Å². The summed E-state index contributed by atoms with van der Waals surface area (Å²) in [6.07, 6.45) is 0.326. The van der Waals surface area contributed by atoms with Gasteiger partial charge in [0.25, 0.3) is 0 Å². The van der Waals surface area contributed by atoms with Crippen LogP contribution in [0.1, 0.15) is 30.2 Å². The summed E-state index contributed by atoms with van der Waals surface area (Å²) in [4.78, 5) is 14.7. The molecule has 25 heavy (non-hydrogen) atoms. The molecule has 2 aromatic rings. The minimum atomic E-state index is -0.763. The number of benzene rings is 1. The van der Waals surface area contributed by atoms with Gasteiger partial charge in [0, 0.05) is 30.9 Å². The van der Waals surface area contributed by atoms with Crippen LogP contribution in [0.4, 0.5) is 4.39 Å². The Morgan fingerprint density at radius 3 is 2.68 bits per heavy atom. The topological polar surface area (TPSA) is 49.8 Å². The van der Waals surface area contributed by atoms with Crippen LogP contribution >= 0.6 is 11.3 Å². The van der Waals surface area contributed by atoms with Gasteiger partial charge >= 0.3 is 5.97 Å². The van der Waals surface area contributed by atoms with Crippen molar-refractivity contribution >= 4 is 17.3 Å². The van der Waals surface area contributed by atoms with Crippen LogP contribution < -0.4 is 0 Å². The Bertz CT molecular complexity index is 631. The van der Waals surface area contributed by atoms with Gasteiger partial charge in [-0.05, 0) is 35.6 Å². The minimum absolute atomic E-state index is 0.0107. The van der Waals surface area contributed by atoms with Crippen LogP contribution in [0.15, 0.2) is 41.8 Å². The van der Waals surface area contributed by atoms with Crippen LogP contribution in [-0.2, 0) is 22.6 Å². The molecule has 0 aliphatic carbocycles. The van der Waals surface area contributed by atoms with Crippen molar-refractivity contribution in [2.75, 3.05) is 13.2 Å². The lowest BCUT2D eigenvalue weighted by atomic mass is 10.2. The molecule has 0 saturated heterocycles. The molecule has 1 unspecified atom stereocenters. The number of carbonyl (C=O) groups excluding carboxylic acids is 1. The Balaban J connectivity index is 1.93. The number of hydrogen-bond donors (Lipinski definition) is 1. The molecule has 1 N–H and O–H groups in total. The van der Waals surface area contributed by atoms with Gasteiger partial charge < -0.3 is 9.84 Å². The van der Waals surface area contributed by atoms with Gasteiger partial charge in [-0.25, -0.2) is 4.39 Å². The summed E-state index contributed by atoms with van der Waals surface area (Å²) in [6, 6.07) is 10.4. The first-order valence-electron chi connectivity index (χ1n) is 8.39. The van der Waals surface area contributed by atoms with E-state index in [0.717, 1.165) is 12.0 Å². The second-order valence-corrected chi connectivity index (χ2v) is 6.99. The fourth-order valence-corrected chi connectivity index (χ4v) is 3.22. The first kappa shape index (κ1) is 19.6. The van der Waals surface area contributed by atoms with Gasteiger partial charge in [0.15, 0.2) is 0 Å². The third kappa shape index (κ3) is 7.34. The molecule has 136 valence electrons. The number of aliphatic hydroxyl groups excluding tert-OH is 1. The number of carbonyl (C=O) groups is 1. The van der Waals surface area contributed by atoms with Gasteiger partial charge in [-0.1, -0.05) is 25.1 Å². The summed E-state index contributed by atoms with van der Waals surface area (Å²) in [5.41, 5.74) is 0.966. The normalized spacial score (nSPS) is 12.3. The maximum atomic E-state index is 13.1. The summed E-state index contributed by atoms with van der Waals surface area (Å²) in [7, 11) is 0. The van der Waals surface area contributed by atoms with Crippen molar-refractivity contribution in [3.63, 3.8) is 0 Å². The maximum absolute atomic E-state index is 13.1. The predicted molar refractivity (Wildman–Crippen MR) is 96.7 cm³/mol. The molecule has 2 rings (SSSR count). The molecule has 0 spiro atoms. The Labute approximate surface area is 151 Å². The Morgan fingerprint density at radius 1 is 1.28 bits per heavy atom. The fraction of sp³-hybridized carbons (Fsp3) is 0.421. The maximum Gasteiger partial charge on any atom is 0.305 e. The number of hydrogen-bond acceptors (Lipinski definition) is 5. The molecule has 1 aromatic heterocycles. The lowest BCUT2D eigenvalue weighted by Crippen LogP contribution is -2.34. The van der Waals surface area contributed by atoms with Crippen molar-refractivity contribution in [2.24, 2.45) is 0 Å². The molecule has 1 heterocycles. The second kappa shape index (κ2) is 10.3. The average Bonchev–Trinajstić information content (AvgIpc) is 3.08. The van der Waals surface area contributed by atoms with Crippen molar-refractivity contribution in [3.05, 3.63) is 58.0 Å². The molecular weight excluding hydrogens is 341 g/mol. The molecule has 1 aromatic carbocycles. The summed E-state index contributed by atoms with van der Waals surface area (Å²) < 4.78 is 18.2. The summed E-state index contributed by atoms with van der Waals surface area (Å²) in [5, 5.41) is 12.2. The molecular formula is C19H24FNO3S. The highest BCUT2D eigenvalue weighted by molar-refractivity contribution is 7.09. The van der Waals surface area contributed by atoms with Gasteiger partial charge in [-0.2, -0.15) is 0 Å². The zero-order valence-corrected chi connectivity index (χ0v) is 15.2. The standard InChI is InChI=1S/C19H24FNO3S/c1-2-4-19(23)24-14-17(22)12-21(13-18-5-3-10-25-18)11-15-6-8-16(20)9-7-15/h3,5-10,17,22H,2,4,11-14H2,1H3. The van der Waals surface area contributed by atoms with Crippen molar-refractivity contribution in [3.8, 4) is 0 Å². The summed E-state index contributed by atoms with van der Waals surface area (Å²) in [5.74, 6) is -0.554. The molecule has 0 aliphatic heterocycles. The van der Waals surface area contributed by atoms with Crippen molar-refractivity contribution in [1.29, 1.82) is 0 Å². The monoisotopic (exact) mass is 365 g/mol. The molecule has 4 nitrogen and oxygen atoms in total. The van der Waals surface area contributed by atoms with Crippen LogP contribution in [0, 0.1) is 5.82 Å². The SMILES string of the molecule is CCCC(=O)OCC(O)CN(Cc1ccc(F)cc1)Cc1cccs1. The second-order valence-electron chi connectivity index (χ2n) is 5.96. The quantitative estimate of drug-likeness (QED) is 0.654. The Hall–Kier alpha value is -1.76. The Morgan fingerprint density at radius 2 is 2.04 bits per heavy atom. The molecule has 0 aliphatic rings. The van der Waals surface area contributed by atoms with Crippen LogP contribution in [0.5, 0.6) is 0 Å². The number of thiophene rings is 1. The van der Waals surface area contributed by atoms with E-state index in [1.807, 2.05) is 24.4 Å². The molecule has 0 amide bonds.